The second-order valence-electron chi connectivity index (χ2n) is 2.82. The molecule has 0 bridgehead atoms. The molecule has 0 radical (unpaired) electrons. The molecule has 0 aliphatic heterocycles. The number of rotatable bonds is 2. The van der Waals surface area contributed by atoms with E-state index in [1.807, 2.05) is 0 Å². The van der Waals surface area contributed by atoms with Crippen LogP contribution in [0.4, 0.5) is 0 Å². The Bertz CT molecular complexity index is 499. The summed E-state index contributed by atoms with van der Waals surface area (Å²) < 4.78 is 5.45. The van der Waals surface area contributed by atoms with Gasteiger partial charge in [-0.2, -0.15) is 0 Å². The van der Waals surface area contributed by atoms with E-state index in [0.29, 0.717) is 10.8 Å². The molecule has 0 saturated heterocycles. The van der Waals surface area contributed by atoms with Gasteiger partial charge in [0.05, 0.1) is 5.02 Å². The Kier molecular flexibility index (Phi) is 3.49. The van der Waals surface area contributed by atoms with Gasteiger partial charge in [-0.25, -0.2) is 9.97 Å². The summed E-state index contributed by atoms with van der Waals surface area (Å²) in [5, 5.41) is 0.735. The summed E-state index contributed by atoms with van der Waals surface area (Å²) in [6, 6.07) is 6.97. The molecule has 2 rings (SSSR count). The Balaban J connectivity index is 2.38. The van der Waals surface area contributed by atoms with E-state index < -0.39 is 0 Å². The largest absolute Gasteiger partial charge is 0.449 e. The van der Waals surface area contributed by atoms with Crippen molar-refractivity contribution in [1.82, 2.24) is 9.97 Å². The van der Waals surface area contributed by atoms with Crippen LogP contribution in [0.2, 0.25) is 15.3 Å². The zero-order valence-corrected chi connectivity index (χ0v) is 10.1. The first-order valence-corrected chi connectivity index (χ1v) is 5.40. The van der Waals surface area contributed by atoms with E-state index in [4.69, 9.17) is 39.5 Å². The highest BCUT2D eigenvalue weighted by Gasteiger charge is 2.12. The van der Waals surface area contributed by atoms with Gasteiger partial charge in [-0.1, -0.05) is 46.9 Å². The van der Waals surface area contributed by atoms with Crippen LogP contribution in [0.5, 0.6) is 11.5 Å². The topological polar surface area (TPSA) is 35.0 Å². The van der Waals surface area contributed by atoms with E-state index in [9.17, 15) is 0 Å². The van der Waals surface area contributed by atoms with Crippen LogP contribution in [0, 0.1) is 0 Å². The summed E-state index contributed by atoms with van der Waals surface area (Å²) in [5.74, 6) is 0.640. The number of hydrogen-bond acceptors (Lipinski definition) is 3. The summed E-state index contributed by atoms with van der Waals surface area (Å²) in [6.07, 6.45) is 1.25. The quantitative estimate of drug-likeness (QED) is 0.769. The molecule has 0 fully saturated rings. The van der Waals surface area contributed by atoms with Gasteiger partial charge in [0, 0.05) is 0 Å². The minimum absolute atomic E-state index is 0.139. The van der Waals surface area contributed by atoms with Crippen LogP contribution in [0.1, 0.15) is 0 Å². The summed E-state index contributed by atoms with van der Waals surface area (Å²) >= 11 is 17.6. The Hall–Kier alpha value is -1.03. The minimum Gasteiger partial charge on any atom is -0.449 e. The first-order chi connectivity index (χ1) is 7.68. The van der Waals surface area contributed by atoms with Crippen LogP contribution in [0.25, 0.3) is 0 Å². The predicted molar refractivity (Wildman–Crippen MR) is 63.6 cm³/mol. The molecule has 0 saturated carbocycles. The summed E-state index contributed by atoms with van der Waals surface area (Å²) in [6.45, 7) is 0. The third kappa shape index (κ3) is 2.38. The smallest absolute Gasteiger partial charge is 0.202 e. The Morgan fingerprint density at radius 1 is 0.938 bits per heavy atom. The number of benzene rings is 1. The zero-order chi connectivity index (χ0) is 11.5. The van der Waals surface area contributed by atoms with Gasteiger partial charge in [-0.15, -0.1) is 0 Å². The molecule has 0 unspecified atom stereocenters. The number of nitrogens with zero attached hydrogens (tertiary/aromatic N) is 2. The fourth-order valence-electron chi connectivity index (χ4n) is 1.05. The number of hydrogen-bond donors (Lipinski definition) is 0. The van der Waals surface area contributed by atoms with Crippen LogP contribution in [0.15, 0.2) is 30.6 Å². The average Bonchev–Trinajstić information content (AvgIpc) is 2.26. The number of aromatic nitrogens is 2. The van der Waals surface area contributed by atoms with Crippen molar-refractivity contribution in [1.29, 1.82) is 0 Å². The first-order valence-electron chi connectivity index (χ1n) is 4.27. The van der Waals surface area contributed by atoms with E-state index in [2.05, 4.69) is 9.97 Å². The van der Waals surface area contributed by atoms with E-state index in [0.717, 1.165) is 0 Å². The van der Waals surface area contributed by atoms with Crippen molar-refractivity contribution in [2.75, 3.05) is 0 Å². The normalized spacial score (nSPS) is 10.2. The average molecular weight is 276 g/mol. The van der Waals surface area contributed by atoms with Crippen molar-refractivity contribution in [3.05, 3.63) is 45.9 Å². The maximum atomic E-state index is 5.93. The minimum atomic E-state index is 0.139. The molecule has 2 aromatic rings. The summed E-state index contributed by atoms with van der Waals surface area (Å²) in [7, 11) is 0. The molecule has 0 N–H and O–H groups in total. The summed E-state index contributed by atoms with van der Waals surface area (Å²) in [5.41, 5.74) is 0. The van der Waals surface area contributed by atoms with Gasteiger partial charge in [0.1, 0.15) is 12.1 Å². The lowest BCUT2D eigenvalue weighted by Crippen LogP contribution is -1.91. The molecule has 3 nitrogen and oxygen atoms in total. The van der Waals surface area contributed by atoms with Crippen LogP contribution in [-0.2, 0) is 0 Å². The monoisotopic (exact) mass is 274 g/mol. The second kappa shape index (κ2) is 4.87. The molecule has 1 aromatic carbocycles. The number of ether oxygens (including phenoxy) is 1. The lowest BCUT2D eigenvalue weighted by Gasteiger charge is -2.08. The molecule has 0 spiro atoms. The molecule has 0 atom stereocenters. The van der Waals surface area contributed by atoms with Crippen molar-refractivity contribution >= 4 is 34.8 Å². The SMILES string of the molecule is Clc1ccccc1Oc1c(Cl)ncnc1Cl. The van der Waals surface area contributed by atoms with Gasteiger partial charge >= 0.3 is 0 Å². The second-order valence-corrected chi connectivity index (χ2v) is 3.94. The molecule has 82 valence electrons. The number of para-hydroxylation sites is 1. The van der Waals surface area contributed by atoms with E-state index >= 15 is 0 Å². The molecule has 16 heavy (non-hydrogen) atoms. The molecular formula is C10H5Cl3N2O. The Labute approximate surface area is 107 Å². The molecule has 0 aliphatic rings. The lowest BCUT2D eigenvalue weighted by atomic mass is 10.3. The highest BCUT2D eigenvalue weighted by Crippen LogP contribution is 2.35. The highest BCUT2D eigenvalue weighted by molar-refractivity contribution is 6.35. The van der Waals surface area contributed by atoms with E-state index in [1.54, 1.807) is 24.3 Å². The van der Waals surface area contributed by atoms with E-state index in [-0.39, 0.29) is 16.1 Å². The van der Waals surface area contributed by atoms with Gasteiger partial charge in [0.25, 0.3) is 0 Å². The Morgan fingerprint density at radius 3 is 2.19 bits per heavy atom. The highest BCUT2D eigenvalue weighted by atomic mass is 35.5. The third-order valence-corrected chi connectivity index (χ3v) is 2.62. The fourth-order valence-corrected chi connectivity index (χ4v) is 1.62. The molecule has 1 heterocycles. The first kappa shape index (κ1) is 11.5. The number of halogens is 3. The lowest BCUT2D eigenvalue weighted by molar-refractivity contribution is 0.478. The fraction of sp³-hybridized carbons (Fsp3) is 0. The van der Waals surface area contributed by atoms with Crippen molar-refractivity contribution in [3.8, 4) is 11.5 Å². The van der Waals surface area contributed by atoms with Gasteiger partial charge in [-0.3, -0.25) is 0 Å². The maximum Gasteiger partial charge on any atom is 0.202 e. The third-order valence-electron chi connectivity index (χ3n) is 1.77. The van der Waals surface area contributed by atoms with Crippen molar-refractivity contribution in [2.24, 2.45) is 0 Å². The van der Waals surface area contributed by atoms with Gasteiger partial charge in [0.2, 0.25) is 5.75 Å². The van der Waals surface area contributed by atoms with Crippen molar-refractivity contribution in [3.63, 3.8) is 0 Å². The summed E-state index contributed by atoms with van der Waals surface area (Å²) in [4.78, 5) is 7.54. The van der Waals surface area contributed by atoms with E-state index in [1.165, 1.54) is 6.33 Å². The van der Waals surface area contributed by atoms with Crippen LogP contribution in [0.3, 0.4) is 0 Å². The van der Waals surface area contributed by atoms with Gasteiger partial charge in [-0.05, 0) is 12.1 Å². The molecular weight excluding hydrogens is 270 g/mol. The van der Waals surface area contributed by atoms with Gasteiger partial charge < -0.3 is 4.74 Å². The predicted octanol–water partition coefficient (Wildman–Crippen LogP) is 4.23. The van der Waals surface area contributed by atoms with Gasteiger partial charge in [0.15, 0.2) is 10.3 Å². The Morgan fingerprint density at radius 2 is 1.56 bits per heavy atom. The molecule has 0 amide bonds. The van der Waals surface area contributed by atoms with Crippen LogP contribution in [-0.4, -0.2) is 9.97 Å². The molecule has 6 heteroatoms. The molecule has 0 aliphatic carbocycles. The van der Waals surface area contributed by atoms with Crippen molar-refractivity contribution < 1.29 is 4.74 Å². The van der Waals surface area contributed by atoms with Crippen molar-refractivity contribution in [2.45, 2.75) is 0 Å². The zero-order valence-electron chi connectivity index (χ0n) is 7.82. The van der Waals surface area contributed by atoms with Crippen LogP contribution >= 0.6 is 34.8 Å². The van der Waals surface area contributed by atoms with Crippen LogP contribution < -0.4 is 4.74 Å². The maximum absolute atomic E-state index is 5.93. The standard InChI is InChI=1S/C10H5Cl3N2O/c11-6-3-1-2-4-7(6)16-8-9(12)14-5-15-10(8)13/h1-5H. The molecule has 1 aromatic heterocycles.